The number of likely N-dealkylation sites (tertiary alicyclic amines) is 1. The van der Waals surface area contributed by atoms with Gasteiger partial charge in [0.05, 0.1) is 11.5 Å². The Morgan fingerprint density at radius 3 is 2.34 bits per heavy atom. The Balaban J connectivity index is 1.49. The zero-order valence-electron chi connectivity index (χ0n) is 17.4. The molecule has 0 saturated carbocycles. The number of ether oxygens (including phenoxy) is 1. The van der Waals surface area contributed by atoms with Gasteiger partial charge < -0.3 is 15.0 Å². The van der Waals surface area contributed by atoms with Crippen LogP contribution in [0.4, 0.5) is 10.1 Å². The fourth-order valence-corrected chi connectivity index (χ4v) is 3.57. The van der Waals surface area contributed by atoms with Gasteiger partial charge in [0.1, 0.15) is 5.82 Å². The first-order valence-corrected chi connectivity index (χ1v) is 10.4. The highest BCUT2D eigenvalue weighted by atomic mass is 35.5. The van der Waals surface area contributed by atoms with Crippen molar-refractivity contribution in [3.63, 3.8) is 0 Å². The molecule has 0 bridgehead atoms. The van der Waals surface area contributed by atoms with Crippen LogP contribution in [0.2, 0.25) is 5.02 Å². The molecule has 1 heterocycles. The number of halogens is 2. The third-order valence-electron chi connectivity index (χ3n) is 5.14. The largest absolute Gasteiger partial charge is 0.457 e. The monoisotopic (exact) mass is 460 g/mol. The van der Waals surface area contributed by atoms with E-state index in [0.717, 1.165) is 6.07 Å². The Kier molecular flexibility index (Phi) is 7.58. The van der Waals surface area contributed by atoms with Gasteiger partial charge in [-0.05, 0) is 55.3 Å². The number of ketones is 1. The number of anilines is 1. The number of nitrogens with zero attached hydrogens (tertiary/aromatic N) is 1. The van der Waals surface area contributed by atoms with Gasteiger partial charge >= 0.3 is 5.97 Å². The second-order valence-electron chi connectivity index (χ2n) is 7.48. The number of rotatable bonds is 6. The van der Waals surface area contributed by atoms with E-state index < -0.39 is 30.1 Å². The summed E-state index contributed by atoms with van der Waals surface area (Å²) in [5, 5.41) is 2.96. The quantitative estimate of drug-likeness (QED) is 0.524. The number of nitrogens with one attached hydrogen (secondary N) is 1. The van der Waals surface area contributed by atoms with Gasteiger partial charge in [0, 0.05) is 36.3 Å². The molecule has 0 radical (unpaired) electrons. The predicted molar refractivity (Wildman–Crippen MR) is 116 cm³/mol. The van der Waals surface area contributed by atoms with Crippen LogP contribution in [-0.4, -0.2) is 48.2 Å². The van der Waals surface area contributed by atoms with Gasteiger partial charge in [0.15, 0.2) is 6.61 Å². The van der Waals surface area contributed by atoms with Gasteiger partial charge in [-0.3, -0.25) is 19.2 Å². The number of esters is 1. The van der Waals surface area contributed by atoms with Gasteiger partial charge in [0.25, 0.3) is 5.91 Å². The molecule has 32 heavy (non-hydrogen) atoms. The van der Waals surface area contributed by atoms with Crippen molar-refractivity contribution in [3.8, 4) is 0 Å². The Hall–Kier alpha value is -3.26. The van der Waals surface area contributed by atoms with E-state index in [1.54, 1.807) is 29.2 Å². The topological polar surface area (TPSA) is 92.8 Å². The maximum Gasteiger partial charge on any atom is 0.309 e. The third-order valence-corrected chi connectivity index (χ3v) is 5.39. The van der Waals surface area contributed by atoms with E-state index in [4.69, 9.17) is 16.3 Å². The number of hydrogen-bond donors (Lipinski definition) is 1. The van der Waals surface area contributed by atoms with E-state index in [1.165, 1.54) is 19.1 Å². The van der Waals surface area contributed by atoms with Gasteiger partial charge in [-0.1, -0.05) is 11.6 Å². The first kappa shape index (κ1) is 23.4. The normalized spacial score (nSPS) is 14.0. The van der Waals surface area contributed by atoms with Crippen LogP contribution >= 0.6 is 11.6 Å². The summed E-state index contributed by atoms with van der Waals surface area (Å²) in [6.07, 6.45) is 0.818. The fraction of sp³-hybridized carbons (Fsp3) is 0.304. The molecule has 1 aliphatic heterocycles. The summed E-state index contributed by atoms with van der Waals surface area (Å²) in [5.74, 6) is -2.98. The standard InChI is InChI=1S/C23H22ClFN2O5/c1-14(28)26-18-6-7-19(20(25)12-18)21(29)13-32-23(31)16-8-10-27(11-9-16)22(30)15-2-4-17(24)5-3-15/h2-7,12,16H,8-11,13H2,1H3,(H,26,28). The lowest BCUT2D eigenvalue weighted by molar-refractivity contribution is -0.148. The average molecular weight is 461 g/mol. The summed E-state index contributed by atoms with van der Waals surface area (Å²) in [5.41, 5.74) is 0.520. The van der Waals surface area contributed by atoms with Crippen molar-refractivity contribution in [3.05, 3.63) is 64.4 Å². The maximum atomic E-state index is 14.2. The number of Topliss-reactive ketones (excluding diaryl/α,β-unsaturated/α-hetero) is 1. The van der Waals surface area contributed by atoms with E-state index in [9.17, 15) is 23.6 Å². The van der Waals surface area contributed by atoms with Gasteiger partial charge in [-0.25, -0.2) is 4.39 Å². The number of carbonyl (C=O) groups is 4. The van der Waals surface area contributed by atoms with Crippen LogP contribution in [0.25, 0.3) is 0 Å². The Morgan fingerprint density at radius 1 is 1.09 bits per heavy atom. The molecule has 0 unspecified atom stereocenters. The molecular weight excluding hydrogens is 439 g/mol. The molecular formula is C23H22ClFN2O5. The Morgan fingerprint density at radius 2 is 1.75 bits per heavy atom. The highest BCUT2D eigenvalue weighted by molar-refractivity contribution is 6.30. The summed E-state index contributed by atoms with van der Waals surface area (Å²) in [6.45, 7) is 1.47. The molecule has 1 N–H and O–H groups in total. The molecule has 9 heteroatoms. The molecule has 0 atom stereocenters. The molecule has 0 spiro atoms. The van der Waals surface area contributed by atoms with Crippen molar-refractivity contribution in [1.82, 2.24) is 4.90 Å². The van der Waals surface area contributed by atoms with E-state index in [0.29, 0.717) is 36.5 Å². The predicted octanol–water partition coefficient (Wildman–Crippen LogP) is 3.72. The first-order chi connectivity index (χ1) is 15.2. The number of piperidine rings is 1. The van der Waals surface area contributed by atoms with Crippen LogP contribution in [0.3, 0.4) is 0 Å². The molecule has 0 aromatic heterocycles. The smallest absolute Gasteiger partial charge is 0.309 e. The van der Waals surface area contributed by atoms with E-state index in [-0.39, 0.29) is 23.1 Å². The van der Waals surface area contributed by atoms with E-state index in [1.807, 2.05) is 0 Å². The molecule has 2 aromatic rings. The molecule has 1 fully saturated rings. The summed E-state index contributed by atoms with van der Waals surface area (Å²) < 4.78 is 19.3. The van der Waals surface area contributed by atoms with Crippen molar-refractivity contribution in [2.45, 2.75) is 19.8 Å². The minimum Gasteiger partial charge on any atom is -0.457 e. The van der Waals surface area contributed by atoms with Crippen molar-refractivity contribution in [1.29, 1.82) is 0 Å². The number of carbonyl (C=O) groups excluding carboxylic acids is 4. The number of benzene rings is 2. The maximum absolute atomic E-state index is 14.2. The minimum atomic E-state index is -0.814. The molecule has 0 aliphatic carbocycles. The summed E-state index contributed by atoms with van der Waals surface area (Å²) in [4.78, 5) is 49.8. The molecule has 3 rings (SSSR count). The summed E-state index contributed by atoms with van der Waals surface area (Å²) in [7, 11) is 0. The second-order valence-corrected chi connectivity index (χ2v) is 7.92. The zero-order valence-corrected chi connectivity index (χ0v) is 18.2. The Labute approximate surface area is 189 Å². The lowest BCUT2D eigenvalue weighted by Gasteiger charge is -2.31. The first-order valence-electron chi connectivity index (χ1n) is 10.1. The van der Waals surface area contributed by atoms with Crippen LogP contribution in [0.5, 0.6) is 0 Å². The minimum absolute atomic E-state index is 0.137. The summed E-state index contributed by atoms with van der Waals surface area (Å²) in [6, 6.07) is 10.3. The van der Waals surface area contributed by atoms with Crippen LogP contribution in [0.15, 0.2) is 42.5 Å². The highest BCUT2D eigenvalue weighted by Crippen LogP contribution is 2.22. The number of hydrogen-bond acceptors (Lipinski definition) is 5. The summed E-state index contributed by atoms with van der Waals surface area (Å²) >= 11 is 5.84. The van der Waals surface area contributed by atoms with E-state index >= 15 is 0 Å². The Bertz CT molecular complexity index is 1030. The van der Waals surface area contributed by atoms with Gasteiger partial charge in [0.2, 0.25) is 11.7 Å². The zero-order chi connectivity index (χ0) is 23.3. The highest BCUT2D eigenvalue weighted by Gasteiger charge is 2.29. The second kappa shape index (κ2) is 10.4. The average Bonchev–Trinajstić information content (AvgIpc) is 2.77. The lowest BCUT2D eigenvalue weighted by Crippen LogP contribution is -2.40. The van der Waals surface area contributed by atoms with Crippen molar-refractivity contribution in [2.24, 2.45) is 5.92 Å². The molecule has 1 aliphatic rings. The SMILES string of the molecule is CC(=O)Nc1ccc(C(=O)COC(=O)C2CCN(C(=O)c3ccc(Cl)cc3)CC2)c(F)c1. The molecule has 2 aromatic carbocycles. The van der Waals surface area contributed by atoms with Crippen molar-refractivity contribution >= 4 is 40.9 Å². The molecule has 7 nitrogen and oxygen atoms in total. The fourth-order valence-electron chi connectivity index (χ4n) is 3.45. The van der Waals surface area contributed by atoms with Crippen LogP contribution < -0.4 is 5.32 Å². The van der Waals surface area contributed by atoms with Crippen LogP contribution in [-0.2, 0) is 14.3 Å². The van der Waals surface area contributed by atoms with Crippen molar-refractivity contribution in [2.75, 3.05) is 25.0 Å². The van der Waals surface area contributed by atoms with Crippen LogP contribution in [0, 0.1) is 11.7 Å². The van der Waals surface area contributed by atoms with Gasteiger partial charge in [-0.15, -0.1) is 0 Å². The molecule has 1 saturated heterocycles. The molecule has 168 valence electrons. The number of amides is 2. The lowest BCUT2D eigenvalue weighted by atomic mass is 9.96. The van der Waals surface area contributed by atoms with Crippen molar-refractivity contribution < 1.29 is 28.3 Å². The molecule has 2 amide bonds. The van der Waals surface area contributed by atoms with Crippen LogP contribution in [0.1, 0.15) is 40.5 Å². The van der Waals surface area contributed by atoms with Gasteiger partial charge in [-0.2, -0.15) is 0 Å². The van der Waals surface area contributed by atoms with E-state index in [2.05, 4.69) is 5.32 Å². The third kappa shape index (κ3) is 5.91.